The highest BCUT2D eigenvalue weighted by Gasteiger charge is 2.34. The molecule has 6 heteroatoms. The molecule has 2 heterocycles. The molecule has 1 amide bonds. The van der Waals surface area contributed by atoms with E-state index in [-0.39, 0.29) is 17.8 Å². The van der Waals surface area contributed by atoms with E-state index in [2.05, 4.69) is 0 Å². The summed E-state index contributed by atoms with van der Waals surface area (Å²) < 4.78 is 6.37. The first-order valence-corrected chi connectivity index (χ1v) is 9.29. The number of para-hydroxylation sites is 1. The minimum Gasteiger partial charge on any atom is -0.508 e. The van der Waals surface area contributed by atoms with E-state index in [1.807, 2.05) is 43.3 Å². The van der Waals surface area contributed by atoms with Gasteiger partial charge in [-0.3, -0.25) is 9.69 Å². The number of phenols is 1. The second-order valence-electron chi connectivity index (χ2n) is 5.98. The third-order valence-electron chi connectivity index (χ3n) is 4.19. The van der Waals surface area contributed by atoms with E-state index in [1.54, 1.807) is 18.2 Å². The standard InChI is InChI=1S/C20H15NO3S2/c1-12-14(9-13-5-2-3-8-17(13)24-12)10-18-19(23)21(20(25)26-18)15-6-4-7-16(22)11-15/h2-12,22H,1H3/b18-10+. The Morgan fingerprint density at radius 3 is 2.85 bits per heavy atom. The van der Waals surface area contributed by atoms with Crippen LogP contribution < -0.4 is 9.64 Å². The fraction of sp³-hybridized carbons (Fsp3) is 0.100. The van der Waals surface area contributed by atoms with Gasteiger partial charge in [0, 0.05) is 11.6 Å². The summed E-state index contributed by atoms with van der Waals surface area (Å²) in [5.74, 6) is 0.733. The fourth-order valence-corrected chi connectivity index (χ4v) is 4.19. The van der Waals surface area contributed by atoms with Crippen LogP contribution in [-0.4, -0.2) is 21.4 Å². The molecule has 26 heavy (non-hydrogen) atoms. The number of aromatic hydroxyl groups is 1. The summed E-state index contributed by atoms with van der Waals surface area (Å²) in [5, 5.41) is 9.67. The van der Waals surface area contributed by atoms with Gasteiger partial charge in [-0.2, -0.15) is 0 Å². The van der Waals surface area contributed by atoms with Crippen LogP contribution in [-0.2, 0) is 4.79 Å². The fourth-order valence-electron chi connectivity index (χ4n) is 2.90. The molecule has 1 unspecified atom stereocenters. The van der Waals surface area contributed by atoms with Crippen LogP contribution in [0.2, 0.25) is 0 Å². The minimum absolute atomic E-state index is 0.0918. The number of anilines is 1. The lowest BCUT2D eigenvalue weighted by Gasteiger charge is -2.23. The lowest BCUT2D eigenvalue weighted by Crippen LogP contribution is -2.27. The first-order valence-electron chi connectivity index (χ1n) is 8.07. The molecular formula is C20H15NO3S2. The number of thioether (sulfide) groups is 1. The zero-order chi connectivity index (χ0) is 18.3. The number of carbonyl (C=O) groups is 1. The monoisotopic (exact) mass is 381 g/mol. The zero-order valence-electron chi connectivity index (χ0n) is 13.9. The first kappa shape index (κ1) is 16.9. The molecule has 2 aromatic carbocycles. The second-order valence-corrected chi connectivity index (χ2v) is 7.65. The van der Waals surface area contributed by atoms with Gasteiger partial charge >= 0.3 is 0 Å². The molecule has 1 saturated heterocycles. The molecule has 0 radical (unpaired) electrons. The van der Waals surface area contributed by atoms with Crippen LogP contribution in [0.25, 0.3) is 6.08 Å². The number of phenolic OH excluding ortho intramolecular Hbond substituents is 1. The molecule has 130 valence electrons. The van der Waals surface area contributed by atoms with Crippen LogP contribution in [0.5, 0.6) is 11.5 Å². The van der Waals surface area contributed by atoms with E-state index in [1.165, 1.54) is 22.7 Å². The van der Waals surface area contributed by atoms with E-state index in [9.17, 15) is 9.90 Å². The van der Waals surface area contributed by atoms with Gasteiger partial charge in [-0.1, -0.05) is 48.2 Å². The van der Waals surface area contributed by atoms with Gasteiger partial charge in [-0.05, 0) is 42.8 Å². The van der Waals surface area contributed by atoms with Gasteiger partial charge in [-0.25, -0.2) is 0 Å². The van der Waals surface area contributed by atoms with E-state index in [0.717, 1.165) is 16.9 Å². The number of amides is 1. The molecular weight excluding hydrogens is 366 g/mol. The number of carbonyl (C=O) groups excluding carboxylic acids is 1. The summed E-state index contributed by atoms with van der Waals surface area (Å²) in [6, 6.07) is 14.3. The number of ether oxygens (including phenoxy) is 1. The SMILES string of the molecule is CC1Oc2ccccc2C=C1/C=C1/SC(=S)N(c2cccc(O)c2)C1=O. The van der Waals surface area contributed by atoms with Crippen molar-refractivity contribution in [3.05, 3.63) is 70.6 Å². The van der Waals surface area contributed by atoms with Crippen molar-refractivity contribution in [3.63, 3.8) is 0 Å². The number of nitrogens with zero attached hydrogens (tertiary/aromatic N) is 1. The predicted molar refractivity (Wildman–Crippen MR) is 108 cm³/mol. The maximum absolute atomic E-state index is 12.9. The molecule has 1 atom stereocenters. The summed E-state index contributed by atoms with van der Waals surface area (Å²) >= 11 is 6.63. The molecule has 2 aromatic rings. The van der Waals surface area contributed by atoms with Gasteiger partial charge in [-0.15, -0.1) is 0 Å². The van der Waals surface area contributed by atoms with Gasteiger partial charge in [0.15, 0.2) is 4.32 Å². The highest BCUT2D eigenvalue weighted by molar-refractivity contribution is 8.27. The maximum atomic E-state index is 12.9. The van der Waals surface area contributed by atoms with Crippen LogP contribution in [0, 0.1) is 0 Å². The van der Waals surface area contributed by atoms with Crippen molar-refractivity contribution in [3.8, 4) is 11.5 Å². The van der Waals surface area contributed by atoms with Crippen molar-refractivity contribution in [2.75, 3.05) is 4.90 Å². The third kappa shape index (κ3) is 3.02. The summed E-state index contributed by atoms with van der Waals surface area (Å²) in [4.78, 5) is 14.8. The van der Waals surface area contributed by atoms with Crippen molar-refractivity contribution in [2.45, 2.75) is 13.0 Å². The molecule has 2 aliphatic rings. The Balaban J connectivity index is 1.68. The Morgan fingerprint density at radius 1 is 1.23 bits per heavy atom. The van der Waals surface area contributed by atoms with Crippen molar-refractivity contribution >= 4 is 46.0 Å². The average Bonchev–Trinajstić information content (AvgIpc) is 2.89. The minimum atomic E-state index is -0.197. The molecule has 0 bridgehead atoms. The summed E-state index contributed by atoms with van der Waals surface area (Å²) in [5.41, 5.74) is 2.46. The number of rotatable bonds is 2. The van der Waals surface area contributed by atoms with Crippen molar-refractivity contribution in [1.29, 1.82) is 0 Å². The smallest absolute Gasteiger partial charge is 0.270 e. The molecule has 1 fully saturated rings. The predicted octanol–water partition coefficient (Wildman–Crippen LogP) is 4.51. The Kier molecular flexibility index (Phi) is 4.30. The second kappa shape index (κ2) is 6.63. The van der Waals surface area contributed by atoms with Crippen molar-refractivity contribution in [2.24, 2.45) is 0 Å². The summed E-state index contributed by atoms with van der Waals surface area (Å²) in [7, 11) is 0. The quantitative estimate of drug-likeness (QED) is 0.613. The Morgan fingerprint density at radius 2 is 2.04 bits per heavy atom. The van der Waals surface area contributed by atoms with Gasteiger partial charge in [0.05, 0.1) is 10.6 Å². The molecule has 0 aliphatic carbocycles. The maximum Gasteiger partial charge on any atom is 0.270 e. The molecule has 0 saturated carbocycles. The molecule has 4 nitrogen and oxygen atoms in total. The van der Waals surface area contributed by atoms with Gasteiger partial charge in [0.25, 0.3) is 5.91 Å². The van der Waals surface area contributed by atoms with Crippen LogP contribution in [0.1, 0.15) is 12.5 Å². The normalized spacial score (nSPS) is 20.8. The topological polar surface area (TPSA) is 49.8 Å². The Labute approximate surface area is 160 Å². The van der Waals surface area contributed by atoms with Gasteiger partial charge in [0.2, 0.25) is 0 Å². The van der Waals surface area contributed by atoms with Crippen molar-refractivity contribution in [1.82, 2.24) is 0 Å². The highest BCUT2D eigenvalue weighted by Crippen LogP contribution is 2.38. The average molecular weight is 381 g/mol. The third-order valence-corrected chi connectivity index (χ3v) is 5.50. The van der Waals surface area contributed by atoms with Gasteiger partial charge < -0.3 is 9.84 Å². The lowest BCUT2D eigenvalue weighted by molar-refractivity contribution is -0.113. The number of hydrogen-bond donors (Lipinski definition) is 1. The number of hydrogen-bond acceptors (Lipinski definition) is 5. The lowest BCUT2D eigenvalue weighted by atomic mass is 10.0. The highest BCUT2D eigenvalue weighted by atomic mass is 32.2. The molecule has 2 aliphatic heterocycles. The van der Waals surface area contributed by atoms with Gasteiger partial charge in [0.1, 0.15) is 17.6 Å². The van der Waals surface area contributed by atoms with E-state index >= 15 is 0 Å². The molecule has 0 aromatic heterocycles. The first-order chi connectivity index (χ1) is 12.5. The number of fused-ring (bicyclic) bond motifs is 1. The summed E-state index contributed by atoms with van der Waals surface area (Å²) in [6.45, 7) is 1.95. The molecule has 4 rings (SSSR count). The van der Waals surface area contributed by atoms with E-state index in [4.69, 9.17) is 17.0 Å². The Bertz CT molecular complexity index is 981. The van der Waals surface area contributed by atoms with Crippen LogP contribution >= 0.6 is 24.0 Å². The van der Waals surface area contributed by atoms with Crippen LogP contribution in [0.15, 0.2) is 65.1 Å². The zero-order valence-corrected chi connectivity index (χ0v) is 15.5. The van der Waals surface area contributed by atoms with E-state index < -0.39 is 0 Å². The molecule has 1 N–H and O–H groups in total. The Hall–Kier alpha value is -2.57. The van der Waals surface area contributed by atoms with Crippen molar-refractivity contribution < 1.29 is 14.6 Å². The number of thiocarbonyl (C=S) groups is 1. The van der Waals surface area contributed by atoms with Crippen LogP contribution in [0.3, 0.4) is 0 Å². The number of benzene rings is 2. The largest absolute Gasteiger partial charge is 0.508 e. The van der Waals surface area contributed by atoms with E-state index in [0.29, 0.717) is 14.9 Å². The van der Waals surface area contributed by atoms with Crippen LogP contribution in [0.4, 0.5) is 5.69 Å². The molecule has 0 spiro atoms. The summed E-state index contributed by atoms with van der Waals surface area (Å²) in [6.07, 6.45) is 3.71.